The number of nitrogens with zero attached hydrogens (tertiary/aromatic N) is 2. The molecule has 1 aromatic rings. The highest BCUT2D eigenvalue weighted by atomic mass is 35.5. The summed E-state index contributed by atoms with van der Waals surface area (Å²) in [7, 11) is 0. The largest absolute Gasteiger partial charge is 0.450 e. The molecule has 28 heavy (non-hydrogen) atoms. The molecule has 148 valence electrons. The normalized spacial score (nSPS) is 19.4. The van der Waals surface area contributed by atoms with Crippen LogP contribution in [0.25, 0.3) is 0 Å². The lowest BCUT2D eigenvalue weighted by molar-refractivity contribution is -0.102. The molecule has 0 bridgehead atoms. The highest BCUT2D eigenvalue weighted by Crippen LogP contribution is 2.31. The minimum atomic E-state index is -0.251. The van der Waals surface area contributed by atoms with Gasteiger partial charge in [0.15, 0.2) is 6.29 Å². The SMILES string of the molecule is CCOC(=O)N1CCC(=C2C=CN=C(C=O)C2CCc2cccc(Cl)c2)CC1. The predicted molar refractivity (Wildman–Crippen MR) is 111 cm³/mol. The van der Waals surface area contributed by atoms with Crippen LogP contribution in [0.3, 0.4) is 0 Å². The molecule has 6 heteroatoms. The summed E-state index contributed by atoms with van der Waals surface area (Å²) in [5.41, 5.74) is 4.18. The van der Waals surface area contributed by atoms with Crippen molar-refractivity contribution in [2.75, 3.05) is 19.7 Å². The van der Waals surface area contributed by atoms with Crippen molar-refractivity contribution in [3.05, 3.63) is 58.3 Å². The monoisotopic (exact) mass is 400 g/mol. The molecular formula is C22H25ClN2O3. The van der Waals surface area contributed by atoms with Gasteiger partial charge in [-0.1, -0.05) is 29.3 Å². The van der Waals surface area contributed by atoms with E-state index >= 15 is 0 Å². The van der Waals surface area contributed by atoms with Gasteiger partial charge >= 0.3 is 6.09 Å². The summed E-state index contributed by atoms with van der Waals surface area (Å²) in [5, 5.41) is 0.718. The zero-order valence-corrected chi connectivity index (χ0v) is 16.8. The van der Waals surface area contributed by atoms with Gasteiger partial charge in [-0.05, 0) is 62.0 Å². The van der Waals surface area contributed by atoms with Crippen molar-refractivity contribution in [1.29, 1.82) is 0 Å². The van der Waals surface area contributed by atoms with Crippen molar-refractivity contribution in [2.45, 2.75) is 32.6 Å². The number of likely N-dealkylation sites (tertiary alicyclic amines) is 1. The first-order valence-electron chi connectivity index (χ1n) is 9.69. The molecule has 0 N–H and O–H groups in total. The number of aliphatic imine (C=N–C) groups is 1. The Hall–Kier alpha value is -2.40. The van der Waals surface area contributed by atoms with Gasteiger partial charge < -0.3 is 9.64 Å². The van der Waals surface area contributed by atoms with Gasteiger partial charge in [-0.2, -0.15) is 0 Å². The van der Waals surface area contributed by atoms with Gasteiger partial charge in [0, 0.05) is 30.2 Å². The van der Waals surface area contributed by atoms with Crippen molar-refractivity contribution in [1.82, 2.24) is 4.90 Å². The average Bonchev–Trinajstić information content (AvgIpc) is 2.72. The van der Waals surface area contributed by atoms with Crippen LogP contribution in [0.1, 0.15) is 31.7 Å². The van der Waals surface area contributed by atoms with Gasteiger partial charge in [0.05, 0.1) is 12.3 Å². The van der Waals surface area contributed by atoms with E-state index in [0.29, 0.717) is 25.4 Å². The van der Waals surface area contributed by atoms with Crippen LogP contribution in [0, 0.1) is 5.92 Å². The predicted octanol–water partition coefficient (Wildman–Crippen LogP) is 4.60. The summed E-state index contributed by atoms with van der Waals surface area (Å²) in [6.45, 7) is 3.48. The van der Waals surface area contributed by atoms with Crippen molar-refractivity contribution < 1.29 is 14.3 Å². The second kappa shape index (κ2) is 9.69. The quantitative estimate of drug-likeness (QED) is 0.678. The van der Waals surface area contributed by atoms with E-state index in [0.717, 1.165) is 42.6 Å². The minimum Gasteiger partial charge on any atom is -0.450 e. The van der Waals surface area contributed by atoms with E-state index in [1.807, 2.05) is 37.3 Å². The maximum absolute atomic E-state index is 11.9. The molecular weight excluding hydrogens is 376 g/mol. The molecule has 2 aliphatic heterocycles. The van der Waals surface area contributed by atoms with Crippen LogP contribution in [-0.2, 0) is 16.0 Å². The van der Waals surface area contributed by atoms with Gasteiger partial charge in [-0.3, -0.25) is 9.79 Å². The van der Waals surface area contributed by atoms with Crippen molar-refractivity contribution >= 4 is 29.7 Å². The van der Waals surface area contributed by atoms with Gasteiger partial charge in [0.25, 0.3) is 0 Å². The van der Waals surface area contributed by atoms with E-state index in [1.54, 1.807) is 11.1 Å². The summed E-state index contributed by atoms with van der Waals surface area (Å²) in [5.74, 6) is -0.0226. The smallest absolute Gasteiger partial charge is 0.409 e. The standard InChI is InChI=1S/C22H25ClN2O3/c1-2-28-22(27)25-12-9-17(10-13-25)19-8-11-24-21(15-26)20(19)7-6-16-4-3-5-18(23)14-16/h3-5,8,11,14-15,20H,2,6-7,9-10,12-13H2,1H3. The molecule has 0 saturated carbocycles. The van der Waals surface area contributed by atoms with Crippen LogP contribution in [0.2, 0.25) is 5.02 Å². The van der Waals surface area contributed by atoms with Crippen LogP contribution in [0.15, 0.2) is 52.7 Å². The zero-order chi connectivity index (χ0) is 19.9. The Morgan fingerprint density at radius 1 is 1.36 bits per heavy atom. The molecule has 1 amide bonds. The number of rotatable bonds is 5. The fraction of sp³-hybridized carbons (Fsp3) is 0.409. The van der Waals surface area contributed by atoms with E-state index in [1.165, 1.54) is 11.1 Å². The summed E-state index contributed by atoms with van der Waals surface area (Å²) in [6.07, 6.45) is 7.53. The number of benzene rings is 1. The van der Waals surface area contributed by atoms with E-state index in [4.69, 9.17) is 16.3 Å². The number of allylic oxidation sites excluding steroid dienone is 2. The molecule has 3 rings (SSSR count). The molecule has 0 aliphatic carbocycles. The number of aldehydes is 1. The Morgan fingerprint density at radius 3 is 2.82 bits per heavy atom. The Bertz CT molecular complexity index is 819. The van der Waals surface area contributed by atoms with Crippen molar-refractivity contribution in [2.24, 2.45) is 10.9 Å². The van der Waals surface area contributed by atoms with Crippen LogP contribution in [-0.4, -0.2) is 42.7 Å². The number of amides is 1. The second-order valence-corrected chi connectivity index (χ2v) is 7.39. The number of hydrogen-bond acceptors (Lipinski definition) is 4. The fourth-order valence-corrected chi connectivity index (χ4v) is 4.03. The molecule has 5 nitrogen and oxygen atoms in total. The van der Waals surface area contributed by atoms with Gasteiger partial charge in [0.2, 0.25) is 0 Å². The van der Waals surface area contributed by atoms with Crippen molar-refractivity contribution in [3.63, 3.8) is 0 Å². The molecule has 1 fully saturated rings. The third-order valence-corrected chi connectivity index (χ3v) is 5.48. The molecule has 1 unspecified atom stereocenters. The second-order valence-electron chi connectivity index (χ2n) is 6.95. The molecule has 0 spiro atoms. The van der Waals surface area contributed by atoms with E-state index < -0.39 is 0 Å². The van der Waals surface area contributed by atoms with E-state index in [9.17, 15) is 9.59 Å². The van der Waals surface area contributed by atoms with E-state index in [-0.39, 0.29) is 12.0 Å². The van der Waals surface area contributed by atoms with Crippen LogP contribution >= 0.6 is 11.6 Å². The number of halogens is 1. The van der Waals surface area contributed by atoms with Crippen LogP contribution in [0.5, 0.6) is 0 Å². The number of piperidine rings is 1. The average molecular weight is 401 g/mol. The highest BCUT2D eigenvalue weighted by molar-refractivity contribution is 6.31. The Morgan fingerprint density at radius 2 is 2.14 bits per heavy atom. The lowest BCUT2D eigenvalue weighted by Gasteiger charge is -2.31. The maximum atomic E-state index is 11.9. The van der Waals surface area contributed by atoms with Crippen molar-refractivity contribution in [3.8, 4) is 0 Å². The maximum Gasteiger partial charge on any atom is 0.409 e. The summed E-state index contributed by atoms with van der Waals surface area (Å²) < 4.78 is 5.10. The molecule has 1 aromatic carbocycles. The lowest BCUT2D eigenvalue weighted by Crippen LogP contribution is -2.37. The first kappa shape index (κ1) is 20.3. The fourth-order valence-electron chi connectivity index (χ4n) is 3.82. The van der Waals surface area contributed by atoms with Crippen LogP contribution < -0.4 is 0 Å². The molecule has 0 radical (unpaired) electrons. The number of carbonyl (C=O) groups is 2. The van der Waals surface area contributed by atoms with Gasteiger partial charge in [0.1, 0.15) is 0 Å². The highest BCUT2D eigenvalue weighted by Gasteiger charge is 2.27. The van der Waals surface area contributed by atoms with E-state index in [2.05, 4.69) is 4.99 Å². The topological polar surface area (TPSA) is 59.0 Å². The summed E-state index contributed by atoms with van der Waals surface area (Å²) >= 11 is 6.09. The molecule has 2 aliphatic rings. The first-order valence-corrected chi connectivity index (χ1v) is 10.1. The number of hydrogen-bond donors (Lipinski definition) is 0. The molecule has 2 heterocycles. The third-order valence-electron chi connectivity index (χ3n) is 5.24. The lowest BCUT2D eigenvalue weighted by atomic mass is 9.82. The minimum absolute atomic E-state index is 0.0226. The Balaban J connectivity index is 1.74. The molecule has 1 saturated heterocycles. The Labute approximate surface area is 170 Å². The van der Waals surface area contributed by atoms with Crippen LogP contribution in [0.4, 0.5) is 4.79 Å². The number of carbonyl (C=O) groups excluding carboxylic acids is 2. The number of aryl methyl sites for hydroxylation is 1. The molecule has 1 atom stereocenters. The summed E-state index contributed by atoms with van der Waals surface area (Å²) in [6, 6.07) is 7.81. The third kappa shape index (κ3) is 4.90. The number of ether oxygens (including phenoxy) is 1. The van der Waals surface area contributed by atoms with Gasteiger partial charge in [-0.15, -0.1) is 0 Å². The first-order chi connectivity index (χ1) is 13.6. The van der Waals surface area contributed by atoms with Gasteiger partial charge in [-0.25, -0.2) is 4.79 Å². The Kier molecular flexibility index (Phi) is 7.04. The zero-order valence-electron chi connectivity index (χ0n) is 16.1. The molecule has 0 aromatic heterocycles. The summed E-state index contributed by atoms with van der Waals surface area (Å²) in [4.78, 5) is 29.6.